The summed E-state index contributed by atoms with van der Waals surface area (Å²) in [6.45, 7) is 5.61. The van der Waals surface area contributed by atoms with Gasteiger partial charge in [-0.05, 0) is 43.7 Å². The van der Waals surface area contributed by atoms with E-state index in [1.54, 1.807) is 0 Å². The molecule has 0 aliphatic carbocycles. The van der Waals surface area contributed by atoms with Gasteiger partial charge in [0.1, 0.15) is 11.9 Å². The van der Waals surface area contributed by atoms with Crippen LogP contribution >= 0.6 is 0 Å². The van der Waals surface area contributed by atoms with Crippen LogP contribution < -0.4 is 10.1 Å². The summed E-state index contributed by atoms with van der Waals surface area (Å²) in [5.74, 6) is 1.43. The van der Waals surface area contributed by atoms with E-state index in [1.165, 1.54) is 0 Å². The number of ether oxygens (including phenoxy) is 1. The lowest BCUT2D eigenvalue weighted by Crippen LogP contribution is -2.29. The van der Waals surface area contributed by atoms with Gasteiger partial charge in [0.2, 0.25) is 5.91 Å². The van der Waals surface area contributed by atoms with Crippen LogP contribution in [0.15, 0.2) is 35.5 Å². The van der Waals surface area contributed by atoms with Gasteiger partial charge in [-0.15, -0.1) is 0 Å². The number of amides is 1. The smallest absolute Gasteiger partial charge is 0.225 e. The summed E-state index contributed by atoms with van der Waals surface area (Å²) in [7, 11) is 0. The molecule has 0 spiro atoms. The zero-order valence-electron chi connectivity index (χ0n) is 15.4. The Morgan fingerprint density at radius 3 is 2.84 bits per heavy atom. The van der Waals surface area contributed by atoms with Crippen molar-refractivity contribution in [1.29, 1.82) is 0 Å². The monoisotopic (exact) mass is 346 g/mol. The summed E-state index contributed by atoms with van der Waals surface area (Å²) in [6, 6.07) is 9.89. The second-order valence-corrected chi connectivity index (χ2v) is 6.97. The molecule has 2 rings (SSSR count). The molecule has 0 radical (unpaired) electrons. The fourth-order valence-electron chi connectivity index (χ4n) is 2.67. The van der Waals surface area contributed by atoms with Crippen molar-refractivity contribution in [1.82, 2.24) is 5.32 Å². The zero-order valence-corrected chi connectivity index (χ0v) is 15.4. The standard InChI is InChI=1S/C20H30N2O3/c1-16(2)15-21-20(23)14-17-13-19(25-22-17)11-7-4-8-12-24-18-9-5-3-6-10-18/h3,5-6,9-10,16,19H,4,7-8,11-15H2,1-2H3,(H,21,23). The highest BCUT2D eigenvalue weighted by molar-refractivity contribution is 6.01. The molecule has 0 fully saturated rings. The molecule has 1 unspecified atom stereocenters. The van der Waals surface area contributed by atoms with Crippen LogP contribution in [0.5, 0.6) is 5.75 Å². The predicted molar refractivity (Wildman–Crippen MR) is 99.8 cm³/mol. The van der Waals surface area contributed by atoms with Gasteiger partial charge < -0.3 is 14.9 Å². The maximum absolute atomic E-state index is 11.8. The molecule has 0 saturated carbocycles. The van der Waals surface area contributed by atoms with Crippen molar-refractivity contribution in [3.05, 3.63) is 30.3 Å². The van der Waals surface area contributed by atoms with Crippen molar-refractivity contribution in [3.8, 4) is 5.75 Å². The fraction of sp³-hybridized carbons (Fsp3) is 0.600. The van der Waals surface area contributed by atoms with Crippen LogP contribution in [0.4, 0.5) is 0 Å². The maximum atomic E-state index is 11.8. The van der Waals surface area contributed by atoms with Gasteiger partial charge in [0, 0.05) is 13.0 Å². The number of hydrogen-bond donors (Lipinski definition) is 1. The van der Waals surface area contributed by atoms with Crippen molar-refractivity contribution >= 4 is 11.6 Å². The van der Waals surface area contributed by atoms with Crippen molar-refractivity contribution in [2.45, 2.75) is 58.5 Å². The molecule has 1 N–H and O–H groups in total. The van der Waals surface area contributed by atoms with E-state index in [0.29, 0.717) is 18.9 Å². The number of carbonyl (C=O) groups excluding carboxylic acids is 1. The lowest BCUT2D eigenvalue weighted by molar-refractivity contribution is -0.120. The zero-order chi connectivity index (χ0) is 17.9. The molecule has 5 heteroatoms. The lowest BCUT2D eigenvalue weighted by Gasteiger charge is -2.09. The minimum absolute atomic E-state index is 0.0368. The number of benzene rings is 1. The van der Waals surface area contributed by atoms with E-state index < -0.39 is 0 Å². The Hall–Kier alpha value is -2.04. The van der Waals surface area contributed by atoms with Gasteiger partial charge in [-0.1, -0.05) is 37.2 Å². The van der Waals surface area contributed by atoms with Crippen LogP contribution in [-0.4, -0.2) is 30.9 Å². The first kappa shape index (κ1) is 19.3. The Morgan fingerprint density at radius 1 is 1.28 bits per heavy atom. The molecular weight excluding hydrogens is 316 g/mol. The number of nitrogens with one attached hydrogen (secondary N) is 1. The normalized spacial score (nSPS) is 16.4. The van der Waals surface area contributed by atoms with E-state index >= 15 is 0 Å². The molecule has 1 aliphatic heterocycles. The van der Waals surface area contributed by atoms with Gasteiger partial charge in [-0.3, -0.25) is 4.79 Å². The summed E-state index contributed by atoms with van der Waals surface area (Å²) in [6.07, 6.45) is 5.47. The summed E-state index contributed by atoms with van der Waals surface area (Å²) in [5, 5.41) is 6.98. The number of nitrogens with zero attached hydrogens (tertiary/aromatic N) is 1. The fourth-order valence-corrected chi connectivity index (χ4v) is 2.67. The molecule has 138 valence electrons. The van der Waals surface area contributed by atoms with Crippen molar-refractivity contribution in [3.63, 3.8) is 0 Å². The highest BCUT2D eigenvalue weighted by Crippen LogP contribution is 2.19. The van der Waals surface area contributed by atoms with E-state index in [2.05, 4.69) is 24.3 Å². The molecule has 5 nitrogen and oxygen atoms in total. The molecular formula is C20H30N2O3. The lowest BCUT2D eigenvalue weighted by atomic mass is 10.0. The maximum Gasteiger partial charge on any atom is 0.225 e. The predicted octanol–water partition coefficient (Wildman–Crippen LogP) is 3.93. The number of para-hydroxylation sites is 1. The second kappa shape index (κ2) is 10.7. The quantitative estimate of drug-likeness (QED) is 0.618. The van der Waals surface area contributed by atoms with E-state index in [-0.39, 0.29) is 12.0 Å². The molecule has 1 amide bonds. The van der Waals surface area contributed by atoms with Gasteiger partial charge in [-0.2, -0.15) is 0 Å². The molecule has 1 atom stereocenters. The van der Waals surface area contributed by atoms with E-state index in [0.717, 1.165) is 50.2 Å². The van der Waals surface area contributed by atoms with Gasteiger partial charge in [0.25, 0.3) is 0 Å². The second-order valence-electron chi connectivity index (χ2n) is 6.97. The highest BCUT2D eigenvalue weighted by Gasteiger charge is 2.22. The number of oxime groups is 1. The van der Waals surface area contributed by atoms with Crippen molar-refractivity contribution in [2.75, 3.05) is 13.2 Å². The van der Waals surface area contributed by atoms with Gasteiger partial charge in [-0.25, -0.2) is 0 Å². The van der Waals surface area contributed by atoms with Crippen LogP contribution in [0.1, 0.15) is 52.4 Å². The average Bonchev–Trinajstić information content (AvgIpc) is 3.04. The first-order valence-corrected chi connectivity index (χ1v) is 9.29. The summed E-state index contributed by atoms with van der Waals surface area (Å²) < 4.78 is 5.68. The minimum Gasteiger partial charge on any atom is -0.494 e. The third-order valence-corrected chi connectivity index (χ3v) is 4.05. The average molecular weight is 346 g/mol. The Bertz CT molecular complexity index is 543. The molecule has 1 aromatic carbocycles. The van der Waals surface area contributed by atoms with Crippen LogP contribution in [0.25, 0.3) is 0 Å². The third kappa shape index (κ3) is 8.05. The topological polar surface area (TPSA) is 59.9 Å². The molecule has 0 bridgehead atoms. The Balaban J connectivity index is 1.49. The van der Waals surface area contributed by atoms with Crippen molar-refractivity contribution < 1.29 is 14.4 Å². The molecule has 1 aromatic rings. The Kier molecular flexibility index (Phi) is 8.29. The van der Waals surface area contributed by atoms with Gasteiger partial charge in [0.05, 0.1) is 18.7 Å². The van der Waals surface area contributed by atoms with E-state index in [4.69, 9.17) is 9.57 Å². The minimum atomic E-state index is 0.0368. The van der Waals surface area contributed by atoms with Crippen LogP contribution in [0.3, 0.4) is 0 Å². The Morgan fingerprint density at radius 2 is 2.08 bits per heavy atom. The van der Waals surface area contributed by atoms with Gasteiger partial charge >= 0.3 is 0 Å². The van der Waals surface area contributed by atoms with Crippen LogP contribution in [0, 0.1) is 5.92 Å². The first-order chi connectivity index (χ1) is 12.1. The first-order valence-electron chi connectivity index (χ1n) is 9.29. The highest BCUT2D eigenvalue weighted by atomic mass is 16.6. The molecule has 0 aromatic heterocycles. The summed E-state index contributed by atoms with van der Waals surface area (Å²) in [4.78, 5) is 17.2. The summed E-state index contributed by atoms with van der Waals surface area (Å²) in [5.41, 5.74) is 0.860. The molecule has 1 heterocycles. The molecule has 1 aliphatic rings. The molecule has 25 heavy (non-hydrogen) atoms. The number of unbranched alkanes of at least 4 members (excludes halogenated alkanes) is 2. The number of hydrogen-bond acceptors (Lipinski definition) is 4. The van der Waals surface area contributed by atoms with Crippen molar-refractivity contribution in [2.24, 2.45) is 11.1 Å². The Labute approximate surface area is 150 Å². The largest absolute Gasteiger partial charge is 0.494 e. The van der Waals surface area contributed by atoms with E-state index in [1.807, 2.05) is 30.3 Å². The summed E-state index contributed by atoms with van der Waals surface area (Å²) >= 11 is 0. The molecule has 0 saturated heterocycles. The number of rotatable bonds is 11. The SMILES string of the molecule is CC(C)CNC(=O)CC1=NOC(CCCCCOc2ccccc2)C1. The number of carbonyl (C=O) groups is 1. The third-order valence-electron chi connectivity index (χ3n) is 4.05. The van der Waals surface area contributed by atoms with Crippen LogP contribution in [-0.2, 0) is 9.63 Å². The van der Waals surface area contributed by atoms with Gasteiger partial charge in [0.15, 0.2) is 0 Å². The van der Waals surface area contributed by atoms with Crippen LogP contribution in [0.2, 0.25) is 0 Å². The van der Waals surface area contributed by atoms with E-state index in [9.17, 15) is 4.79 Å².